The monoisotopic (exact) mass is 727 g/mol. The van der Waals surface area contributed by atoms with Crippen LogP contribution in [-0.4, -0.2) is 29.9 Å². The average molecular weight is 730 g/mol. The van der Waals surface area contributed by atoms with Crippen LogP contribution in [0.15, 0.2) is 86.8 Å². The van der Waals surface area contributed by atoms with Gasteiger partial charge < -0.3 is 19.2 Å². The molecule has 1 amide bonds. The molecule has 0 saturated heterocycles. The Morgan fingerprint density at radius 1 is 0.929 bits per heavy atom. The van der Waals surface area contributed by atoms with Gasteiger partial charge in [0.25, 0.3) is 5.91 Å². The van der Waals surface area contributed by atoms with Crippen molar-refractivity contribution in [3.05, 3.63) is 109 Å². The second-order valence-electron chi connectivity index (χ2n) is 9.00. The van der Waals surface area contributed by atoms with Gasteiger partial charge in [0, 0.05) is 36.0 Å². The maximum atomic E-state index is 13.4. The molecule has 42 heavy (non-hydrogen) atoms. The molecule has 4 aromatic carbocycles. The fraction of sp³-hybridized carbons (Fsp3) is 0.0333. The molecule has 0 unspecified atom stereocenters. The lowest BCUT2D eigenvalue weighted by Crippen LogP contribution is -2.19. The van der Waals surface area contributed by atoms with Gasteiger partial charge in [-0.25, -0.2) is 10.2 Å². The van der Waals surface area contributed by atoms with Gasteiger partial charge in [-0.1, -0.05) is 73.3 Å². The molecule has 6 rings (SSSR count). The quantitative estimate of drug-likeness (QED) is 0.0792. The highest BCUT2D eigenvalue weighted by Crippen LogP contribution is 2.40. The lowest BCUT2D eigenvalue weighted by Gasteiger charge is -2.09. The van der Waals surface area contributed by atoms with Crippen LogP contribution in [0.1, 0.15) is 26.4 Å². The molecule has 2 heterocycles. The number of carbonyl (C=O) groups is 2. The van der Waals surface area contributed by atoms with E-state index in [0.717, 1.165) is 8.95 Å². The number of hydrogen-bond donors (Lipinski definition) is 2. The van der Waals surface area contributed by atoms with Gasteiger partial charge in [-0.05, 0) is 54.6 Å². The fourth-order valence-corrected chi connectivity index (χ4v) is 5.91. The molecule has 0 aliphatic carbocycles. The molecule has 12 heteroatoms. The highest BCUT2D eigenvalue weighted by atomic mass is 79.9. The Hall–Kier alpha value is -3.83. The first-order chi connectivity index (χ1) is 20.3. The largest absolute Gasteiger partial charge is 0.454 e. The molecular formula is C30H17Br2Cl2N3O5. The Balaban J connectivity index is 1.28. The number of halogens is 4. The van der Waals surface area contributed by atoms with Crippen molar-refractivity contribution >= 4 is 84.1 Å². The van der Waals surface area contributed by atoms with Gasteiger partial charge in [-0.15, -0.1) is 0 Å². The highest BCUT2D eigenvalue weighted by molar-refractivity contribution is 9.10. The molecule has 0 spiro atoms. The predicted octanol–water partition coefficient (Wildman–Crippen LogP) is 8.38. The first kappa shape index (κ1) is 28.3. The number of fused-ring (bicyclic) bond motifs is 2. The van der Waals surface area contributed by atoms with Gasteiger partial charge in [0.05, 0.1) is 22.3 Å². The minimum atomic E-state index is -0.597. The van der Waals surface area contributed by atoms with E-state index >= 15 is 0 Å². The molecule has 0 fully saturated rings. The number of esters is 1. The van der Waals surface area contributed by atoms with Crippen LogP contribution in [0.4, 0.5) is 0 Å². The number of nitrogens with one attached hydrogen (secondary N) is 2. The third kappa shape index (κ3) is 5.63. The zero-order valence-electron chi connectivity index (χ0n) is 21.2. The summed E-state index contributed by atoms with van der Waals surface area (Å²) >= 11 is 19.9. The van der Waals surface area contributed by atoms with Gasteiger partial charge in [-0.3, -0.25) is 4.79 Å². The number of ether oxygens (including phenoxy) is 3. The van der Waals surface area contributed by atoms with E-state index in [1.54, 1.807) is 48.5 Å². The summed E-state index contributed by atoms with van der Waals surface area (Å²) in [5, 5.41) is 5.75. The number of rotatable bonds is 6. The van der Waals surface area contributed by atoms with E-state index in [9.17, 15) is 9.59 Å². The number of hydrazone groups is 1. The van der Waals surface area contributed by atoms with Crippen molar-refractivity contribution in [3.63, 3.8) is 0 Å². The highest BCUT2D eigenvalue weighted by Gasteiger charge is 2.23. The minimum absolute atomic E-state index is 0.0931. The van der Waals surface area contributed by atoms with Gasteiger partial charge in [0.1, 0.15) is 11.4 Å². The Labute approximate surface area is 265 Å². The third-order valence-corrected chi connectivity index (χ3v) is 7.93. The van der Waals surface area contributed by atoms with E-state index in [1.807, 2.05) is 24.3 Å². The normalized spacial score (nSPS) is 12.2. The van der Waals surface area contributed by atoms with Crippen LogP contribution >= 0.6 is 55.1 Å². The van der Waals surface area contributed by atoms with Crippen LogP contribution in [0.5, 0.6) is 17.2 Å². The van der Waals surface area contributed by atoms with Gasteiger partial charge in [0.2, 0.25) is 6.79 Å². The number of hydrogen-bond acceptors (Lipinski definition) is 6. The van der Waals surface area contributed by atoms with Crippen LogP contribution in [0, 0.1) is 0 Å². The molecule has 1 aliphatic heterocycles. The van der Waals surface area contributed by atoms with Crippen LogP contribution < -0.4 is 19.6 Å². The van der Waals surface area contributed by atoms with Crippen molar-refractivity contribution in [1.29, 1.82) is 0 Å². The predicted molar refractivity (Wildman–Crippen MR) is 168 cm³/mol. The summed E-state index contributed by atoms with van der Waals surface area (Å²) < 4.78 is 17.8. The second-order valence-corrected chi connectivity index (χ2v) is 11.6. The zero-order valence-corrected chi connectivity index (χ0v) is 25.9. The zero-order chi connectivity index (χ0) is 29.4. The van der Waals surface area contributed by atoms with Crippen LogP contribution in [0.2, 0.25) is 10.0 Å². The number of benzene rings is 4. The minimum Gasteiger partial charge on any atom is -0.454 e. The number of aromatic nitrogens is 1. The van der Waals surface area contributed by atoms with Gasteiger partial charge in [-0.2, -0.15) is 5.10 Å². The maximum absolute atomic E-state index is 13.4. The molecule has 5 aromatic rings. The summed E-state index contributed by atoms with van der Waals surface area (Å²) in [6, 6.07) is 20.6. The average Bonchev–Trinajstić information content (AvgIpc) is 3.59. The number of H-pyrrole nitrogens is 1. The Morgan fingerprint density at radius 3 is 2.57 bits per heavy atom. The van der Waals surface area contributed by atoms with E-state index in [0.29, 0.717) is 49.1 Å². The SMILES string of the molecule is O=C(Oc1ccc(Br)cc1C=NNC(=O)c1[nH]c2c(Cl)cc(Br)cc2c1-c1ccccc1Cl)c1ccc2c(c1)OCO2. The number of aromatic amines is 1. The summed E-state index contributed by atoms with van der Waals surface area (Å²) in [5.41, 5.74) is 5.30. The van der Waals surface area contributed by atoms with Crippen LogP contribution in [0.25, 0.3) is 22.0 Å². The van der Waals surface area contributed by atoms with E-state index < -0.39 is 11.9 Å². The van der Waals surface area contributed by atoms with Crippen LogP contribution in [0.3, 0.4) is 0 Å². The molecule has 210 valence electrons. The van der Waals surface area contributed by atoms with E-state index in [2.05, 4.69) is 47.4 Å². The van der Waals surface area contributed by atoms with Crippen molar-refractivity contribution < 1.29 is 23.8 Å². The molecule has 0 radical (unpaired) electrons. The summed E-state index contributed by atoms with van der Waals surface area (Å²) in [6.07, 6.45) is 1.38. The first-order valence-corrected chi connectivity index (χ1v) is 14.6. The molecular weight excluding hydrogens is 713 g/mol. The first-order valence-electron chi connectivity index (χ1n) is 12.3. The van der Waals surface area contributed by atoms with Gasteiger partial charge in [0.15, 0.2) is 11.5 Å². The molecule has 0 saturated carbocycles. The van der Waals surface area contributed by atoms with Crippen molar-refractivity contribution in [3.8, 4) is 28.4 Å². The Morgan fingerprint density at radius 2 is 1.74 bits per heavy atom. The summed E-state index contributed by atoms with van der Waals surface area (Å²) in [6.45, 7) is 0.0931. The summed E-state index contributed by atoms with van der Waals surface area (Å²) in [4.78, 5) is 29.4. The molecule has 0 atom stereocenters. The van der Waals surface area contributed by atoms with Crippen molar-refractivity contribution in [2.75, 3.05) is 6.79 Å². The standard InChI is InChI=1S/C30H17Br2Cl2N3O5/c31-17-6-8-23(42-30(39)15-5-7-24-25(10-15)41-14-40-24)16(9-17)13-35-37-29(38)28-26(19-3-1-2-4-21(19)33)20-11-18(32)12-22(34)27(20)36-28/h1-13,36H,14H2,(H,37,38). The lowest BCUT2D eigenvalue weighted by atomic mass is 10.0. The van der Waals surface area contributed by atoms with E-state index in [1.165, 1.54) is 6.21 Å². The maximum Gasteiger partial charge on any atom is 0.343 e. The Bertz CT molecular complexity index is 1930. The van der Waals surface area contributed by atoms with Crippen molar-refractivity contribution in [2.24, 2.45) is 5.10 Å². The molecule has 2 N–H and O–H groups in total. The van der Waals surface area contributed by atoms with E-state index in [4.69, 9.17) is 37.4 Å². The topological polar surface area (TPSA) is 102 Å². The molecule has 8 nitrogen and oxygen atoms in total. The van der Waals surface area contributed by atoms with Crippen LogP contribution in [-0.2, 0) is 0 Å². The summed E-state index contributed by atoms with van der Waals surface area (Å²) in [7, 11) is 0. The van der Waals surface area contributed by atoms with Crippen molar-refractivity contribution in [1.82, 2.24) is 10.4 Å². The fourth-order valence-electron chi connectivity index (χ4n) is 4.45. The number of nitrogens with zero attached hydrogens (tertiary/aromatic N) is 1. The second kappa shape index (κ2) is 11.8. The third-order valence-electron chi connectivity index (χ3n) is 6.35. The smallest absolute Gasteiger partial charge is 0.343 e. The molecule has 1 aliphatic rings. The summed E-state index contributed by atoms with van der Waals surface area (Å²) in [5.74, 6) is 0.129. The Kier molecular flexibility index (Phi) is 7.96. The number of carbonyl (C=O) groups excluding carboxylic acids is 2. The number of amides is 1. The van der Waals surface area contributed by atoms with Crippen molar-refractivity contribution in [2.45, 2.75) is 0 Å². The van der Waals surface area contributed by atoms with E-state index in [-0.39, 0.29) is 23.8 Å². The molecule has 0 bridgehead atoms. The molecule has 1 aromatic heterocycles. The lowest BCUT2D eigenvalue weighted by molar-refractivity contribution is 0.0733. The van der Waals surface area contributed by atoms with Gasteiger partial charge >= 0.3 is 5.97 Å².